The molecule has 3 heterocycles. The van der Waals surface area contributed by atoms with Crippen molar-refractivity contribution in [1.82, 2.24) is 9.97 Å². The average Bonchev–Trinajstić information content (AvgIpc) is 3.12. The van der Waals surface area contributed by atoms with Crippen LogP contribution in [0.25, 0.3) is 21.3 Å². The van der Waals surface area contributed by atoms with Crippen molar-refractivity contribution in [1.29, 1.82) is 0 Å². The van der Waals surface area contributed by atoms with Crippen LogP contribution in [0.5, 0.6) is 0 Å². The molecule has 4 rings (SSSR count). The zero-order valence-corrected chi connectivity index (χ0v) is 15.0. The molecule has 0 N–H and O–H groups in total. The Morgan fingerprint density at radius 3 is 2.75 bits per heavy atom. The second kappa shape index (κ2) is 6.18. The maximum Gasteiger partial charge on any atom is 0.319 e. The van der Waals surface area contributed by atoms with Crippen molar-refractivity contribution in [2.45, 2.75) is 36.6 Å². The van der Waals surface area contributed by atoms with E-state index in [-0.39, 0.29) is 17.3 Å². The summed E-state index contributed by atoms with van der Waals surface area (Å²) >= 11 is 3.10. The van der Waals surface area contributed by atoms with Crippen LogP contribution in [0.4, 0.5) is 0 Å². The molecule has 3 aromatic rings. The third kappa shape index (κ3) is 2.80. The summed E-state index contributed by atoms with van der Waals surface area (Å²) in [5.74, 6) is -0.147. The van der Waals surface area contributed by atoms with Gasteiger partial charge in [-0.2, -0.15) is 0 Å². The minimum atomic E-state index is -0.191. The van der Waals surface area contributed by atoms with Crippen LogP contribution in [0, 0.1) is 6.92 Å². The minimum Gasteiger partial charge on any atom is -0.462 e. The van der Waals surface area contributed by atoms with E-state index in [0.29, 0.717) is 0 Å². The number of thioether (sulfide) groups is 1. The molecular weight excluding hydrogens is 340 g/mol. The van der Waals surface area contributed by atoms with Gasteiger partial charge in [-0.15, -0.1) is 11.3 Å². The number of rotatable bonds is 3. The quantitative estimate of drug-likeness (QED) is 0.512. The summed E-state index contributed by atoms with van der Waals surface area (Å²) in [6.45, 7) is 4.00. The molecule has 6 heteroatoms. The maximum atomic E-state index is 12.0. The van der Waals surface area contributed by atoms with Crippen molar-refractivity contribution in [3.8, 4) is 11.1 Å². The lowest BCUT2D eigenvalue weighted by Gasteiger charge is -2.08. The fourth-order valence-corrected chi connectivity index (χ4v) is 5.04. The summed E-state index contributed by atoms with van der Waals surface area (Å²) in [6.07, 6.45) is 2.27. The first-order valence-electron chi connectivity index (χ1n) is 7.78. The van der Waals surface area contributed by atoms with Gasteiger partial charge in [0.2, 0.25) is 0 Å². The molecule has 1 aromatic carbocycles. The standard InChI is InChI=1S/C18H16N2O2S2/c1-10-3-5-12(6-4-10)13-8-23-16-15(13)17(20-9-19-16)24-14-7-11(2)22-18(14)21/h3-6,8-9,11,14H,7H2,1-2H3/t11-,14+/m1/s1. The van der Waals surface area contributed by atoms with Gasteiger partial charge in [0.05, 0.1) is 5.39 Å². The lowest BCUT2D eigenvalue weighted by molar-refractivity contribution is -0.140. The SMILES string of the molecule is Cc1ccc(-c2csc3ncnc(S[C@H]4C[C@@H](C)OC4=O)c23)cc1. The van der Waals surface area contributed by atoms with Crippen molar-refractivity contribution in [2.75, 3.05) is 0 Å². The molecule has 1 aliphatic heterocycles. The fraction of sp³-hybridized carbons (Fsp3) is 0.278. The summed E-state index contributed by atoms with van der Waals surface area (Å²) in [5, 5.41) is 3.81. The Morgan fingerprint density at radius 2 is 2.04 bits per heavy atom. The average molecular weight is 356 g/mol. The van der Waals surface area contributed by atoms with Gasteiger partial charge in [0, 0.05) is 17.4 Å². The Bertz CT molecular complexity index is 905. The molecule has 0 radical (unpaired) electrons. The highest BCUT2D eigenvalue weighted by Gasteiger charge is 2.33. The Labute approximate surface area is 148 Å². The van der Waals surface area contributed by atoms with Crippen LogP contribution in [0.15, 0.2) is 41.0 Å². The molecule has 24 heavy (non-hydrogen) atoms. The van der Waals surface area contributed by atoms with Gasteiger partial charge in [-0.1, -0.05) is 41.6 Å². The van der Waals surface area contributed by atoms with Crippen molar-refractivity contribution >= 4 is 39.3 Å². The number of esters is 1. The number of benzene rings is 1. The molecule has 0 spiro atoms. The van der Waals surface area contributed by atoms with Crippen LogP contribution in [-0.2, 0) is 9.53 Å². The van der Waals surface area contributed by atoms with Gasteiger partial charge in [-0.05, 0) is 19.4 Å². The molecule has 1 fully saturated rings. The normalized spacial score (nSPS) is 20.5. The highest BCUT2D eigenvalue weighted by Crippen LogP contribution is 2.40. The number of aryl methyl sites for hydroxylation is 1. The van der Waals surface area contributed by atoms with Gasteiger partial charge < -0.3 is 4.74 Å². The number of nitrogens with zero attached hydrogens (tertiary/aromatic N) is 2. The molecule has 0 unspecified atom stereocenters. The van der Waals surface area contributed by atoms with Crippen LogP contribution < -0.4 is 0 Å². The number of ether oxygens (including phenoxy) is 1. The first-order chi connectivity index (χ1) is 11.6. The van der Waals surface area contributed by atoms with Crippen molar-refractivity contribution < 1.29 is 9.53 Å². The van der Waals surface area contributed by atoms with Gasteiger partial charge in [-0.3, -0.25) is 4.79 Å². The van der Waals surface area contributed by atoms with Gasteiger partial charge in [0.25, 0.3) is 0 Å². The van der Waals surface area contributed by atoms with Crippen molar-refractivity contribution in [3.63, 3.8) is 0 Å². The topological polar surface area (TPSA) is 52.1 Å². The highest BCUT2D eigenvalue weighted by molar-refractivity contribution is 8.00. The summed E-state index contributed by atoms with van der Waals surface area (Å²) in [4.78, 5) is 21.8. The molecule has 0 aliphatic carbocycles. The van der Waals surface area contributed by atoms with Gasteiger partial charge in [0.1, 0.15) is 27.5 Å². The number of hydrogen-bond acceptors (Lipinski definition) is 6. The van der Waals surface area contributed by atoms with Crippen LogP contribution in [-0.4, -0.2) is 27.3 Å². The second-order valence-corrected chi connectivity index (χ2v) is 8.01. The van der Waals surface area contributed by atoms with Crippen LogP contribution in [0.3, 0.4) is 0 Å². The Balaban J connectivity index is 1.77. The molecule has 2 atom stereocenters. The third-order valence-electron chi connectivity index (χ3n) is 4.08. The molecule has 122 valence electrons. The van der Waals surface area contributed by atoms with Crippen molar-refractivity contribution in [2.24, 2.45) is 0 Å². The number of cyclic esters (lactones) is 1. The zero-order chi connectivity index (χ0) is 16.7. The predicted molar refractivity (Wildman–Crippen MR) is 97.4 cm³/mol. The van der Waals surface area contributed by atoms with E-state index in [2.05, 4.69) is 46.5 Å². The smallest absolute Gasteiger partial charge is 0.319 e. The van der Waals surface area contributed by atoms with E-state index < -0.39 is 0 Å². The van der Waals surface area contributed by atoms with E-state index in [9.17, 15) is 4.79 Å². The van der Waals surface area contributed by atoms with E-state index in [0.717, 1.165) is 32.8 Å². The monoisotopic (exact) mass is 356 g/mol. The minimum absolute atomic E-state index is 0.0219. The predicted octanol–water partition coefficient (Wildman–Crippen LogP) is 4.46. The molecule has 2 aromatic heterocycles. The van der Waals surface area contributed by atoms with Crippen LogP contribution in [0.2, 0.25) is 0 Å². The number of carbonyl (C=O) groups is 1. The van der Waals surface area contributed by atoms with E-state index in [1.165, 1.54) is 17.3 Å². The first-order valence-corrected chi connectivity index (χ1v) is 9.54. The Hall–Kier alpha value is -1.92. The lowest BCUT2D eigenvalue weighted by atomic mass is 10.1. The number of fused-ring (bicyclic) bond motifs is 1. The van der Waals surface area contributed by atoms with E-state index >= 15 is 0 Å². The van der Waals surface area contributed by atoms with E-state index in [1.807, 2.05) is 6.92 Å². The first kappa shape index (κ1) is 15.6. The van der Waals surface area contributed by atoms with Gasteiger partial charge in [-0.25, -0.2) is 9.97 Å². The molecule has 0 bridgehead atoms. The van der Waals surface area contributed by atoms with Gasteiger partial charge >= 0.3 is 5.97 Å². The summed E-state index contributed by atoms with van der Waals surface area (Å²) < 4.78 is 5.27. The van der Waals surface area contributed by atoms with Gasteiger partial charge in [0.15, 0.2) is 0 Å². The molecule has 1 saturated heterocycles. The second-order valence-electron chi connectivity index (χ2n) is 5.96. The maximum absolute atomic E-state index is 12.0. The number of aromatic nitrogens is 2. The van der Waals surface area contributed by atoms with Crippen molar-refractivity contribution in [3.05, 3.63) is 41.5 Å². The number of thiophene rings is 1. The number of hydrogen-bond donors (Lipinski definition) is 0. The molecule has 0 saturated carbocycles. The molecule has 1 aliphatic rings. The van der Waals surface area contributed by atoms with E-state index in [4.69, 9.17) is 4.74 Å². The van der Waals surface area contributed by atoms with E-state index in [1.54, 1.807) is 17.7 Å². The summed E-state index contributed by atoms with van der Waals surface area (Å²) in [5.41, 5.74) is 3.50. The number of carbonyl (C=O) groups excluding carboxylic acids is 1. The van der Waals surface area contributed by atoms with Crippen LogP contribution in [0.1, 0.15) is 18.9 Å². The zero-order valence-electron chi connectivity index (χ0n) is 13.4. The Morgan fingerprint density at radius 1 is 1.25 bits per heavy atom. The molecule has 4 nitrogen and oxygen atoms in total. The Kier molecular flexibility index (Phi) is 4.02. The third-order valence-corrected chi connectivity index (χ3v) is 6.17. The largest absolute Gasteiger partial charge is 0.462 e. The summed E-state index contributed by atoms with van der Waals surface area (Å²) in [7, 11) is 0. The summed E-state index contributed by atoms with van der Waals surface area (Å²) in [6, 6.07) is 8.44. The highest BCUT2D eigenvalue weighted by atomic mass is 32.2. The fourth-order valence-electron chi connectivity index (χ4n) is 2.83. The van der Waals surface area contributed by atoms with Crippen LogP contribution >= 0.6 is 23.1 Å². The molecule has 0 amide bonds. The molecular formula is C18H16N2O2S2. The lowest BCUT2D eigenvalue weighted by Crippen LogP contribution is -2.09.